The third-order valence-corrected chi connectivity index (χ3v) is 3.89. The van der Waals surface area contributed by atoms with Crippen molar-refractivity contribution in [2.24, 2.45) is 0 Å². The van der Waals surface area contributed by atoms with Gasteiger partial charge >= 0.3 is 5.97 Å². The molecular formula is C19H31NNaO3. The van der Waals surface area contributed by atoms with Gasteiger partial charge in [-0.05, 0) is 24.5 Å². The number of carbonyl (C=O) groups excluding carboxylic acids is 1. The Hall–Kier alpha value is -0.550. The molecule has 0 heterocycles. The van der Waals surface area contributed by atoms with E-state index in [1.54, 1.807) is 13.1 Å². The molecule has 0 aliphatic carbocycles. The Bertz CT molecular complexity index is 480. The number of rotatable bonds is 11. The molecular weight excluding hydrogens is 313 g/mol. The molecule has 0 saturated carbocycles. The van der Waals surface area contributed by atoms with Crippen LogP contribution in [0.4, 0.5) is 0 Å². The second kappa shape index (κ2) is 13.7. The maximum absolute atomic E-state index is 10.9. The second-order valence-electron chi connectivity index (χ2n) is 6.20. The molecule has 0 amide bonds. The van der Waals surface area contributed by atoms with Crippen molar-refractivity contribution >= 4 is 35.5 Å². The van der Waals surface area contributed by atoms with Crippen LogP contribution in [0.15, 0.2) is 18.2 Å². The Labute approximate surface area is 168 Å². The van der Waals surface area contributed by atoms with Gasteiger partial charge in [-0.3, -0.25) is 4.79 Å². The zero-order chi connectivity index (χ0) is 17.1. The molecule has 1 radical (unpaired) electrons. The van der Waals surface area contributed by atoms with E-state index in [2.05, 4.69) is 6.92 Å². The molecule has 0 atom stereocenters. The fourth-order valence-corrected chi connectivity index (χ4v) is 2.70. The molecule has 0 saturated heterocycles. The SMILES string of the molecule is CCCCCCCCCc1ccc(O)c(CN(C)OC(C)=O)c1.[Na]. The van der Waals surface area contributed by atoms with E-state index in [0.29, 0.717) is 6.54 Å². The van der Waals surface area contributed by atoms with Crippen LogP contribution in [0.25, 0.3) is 0 Å². The van der Waals surface area contributed by atoms with Crippen molar-refractivity contribution in [1.82, 2.24) is 5.06 Å². The molecule has 1 aromatic carbocycles. The summed E-state index contributed by atoms with van der Waals surface area (Å²) in [6.07, 6.45) is 10.1. The van der Waals surface area contributed by atoms with Crippen LogP contribution in [-0.2, 0) is 22.6 Å². The molecule has 0 unspecified atom stereocenters. The number of benzene rings is 1. The van der Waals surface area contributed by atoms with Gasteiger partial charge in [-0.1, -0.05) is 57.6 Å². The van der Waals surface area contributed by atoms with Crippen LogP contribution in [0.3, 0.4) is 0 Å². The van der Waals surface area contributed by atoms with Gasteiger partial charge in [0.15, 0.2) is 0 Å². The summed E-state index contributed by atoms with van der Waals surface area (Å²) in [6.45, 7) is 3.99. The predicted octanol–water partition coefficient (Wildman–Crippen LogP) is 4.21. The third-order valence-electron chi connectivity index (χ3n) is 3.89. The molecule has 0 aromatic heterocycles. The summed E-state index contributed by atoms with van der Waals surface area (Å²) in [6, 6.07) is 5.71. The van der Waals surface area contributed by atoms with Crippen molar-refractivity contribution in [3.8, 4) is 5.75 Å². The van der Waals surface area contributed by atoms with Crippen molar-refractivity contribution < 1.29 is 14.7 Å². The zero-order valence-corrected chi connectivity index (χ0v) is 17.8. The van der Waals surface area contributed by atoms with Crippen molar-refractivity contribution in [2.75, 3.05) is 7.05 Å². The standard InChI is InChI=1S/C19H31NO3.Na/c1-4-5-6-7-8-9-10-11-17-12-13-19(22)18(14-17)15-20(3)23-16(2)21;/h12-14,22H,4-11,15H2,1-3H3;. The molecule has 0 fully saturated rings. The molecule has 0 spiro atoms. The van der Waals surface area contributed by atoms with Crippen LogP contribution in [0.5, 0.6) is 5.75 Å². The van der Waals surface area contributed by atoms with Crippen LogP contribution in [0.2, 0.25) is 0 Å². The van der Waals surface area contributed by atoms with E-state index in [1.165, 1.54) is 62.5 Å². The van der Waals surface area contributed by atoms with Crippen molar-refractivity contribution in [3.05, 3.63) is 29.3 Å². The summed E-state index contributed by atoms with van der Waals surface area (Å²) >= 11 is 0. The molecule has 131 valence electrons. The molecule has 24 heavy (non-hydrogen) atoms. The topological polar surface area (TPSA) is 49.8 Å². The maximum atomic E-state index is 10.9. The molecule has 1 aromatic rings. The van der Waals surface area contributed by atoms with Gasteiger partial charge in [-0.15, -0.1) is 5.06 Å². The van der Waals surface area contributed by atoms with Crippen LogP contribution in [-0.4, -0.2) is 52.7 Å². The van der Waals surface area contributed by atoms with E-state index in [1.807, 2.05) is 12.1 Å². The molecule has 4 nitrogen and oxygen atoms in total. The Balaban J connectivity index is 0.00000529. The van der Waals surface area contributed by atoms with Crippen molar-refractivity contribution in [2.45, 2.75) is 71.8 Å². The number of hydroxylamine groups is 2. The first-order chi connectivity index (χ1) is 11.0. The number of unbranched alkanes of at least 4 members (excludes halogenated alkanes) is 6. The smallest absolute Gasteiger partial charge is 0.322 e. The van der Waals surface area contributed by atoms with Gasteiger partial charge in [0.1, 0.15) is 5.75 Å². The van der Waals surface area contributed by atoms with Gasteiger partial charge in [0.05, 0.1) is 6.54 Å². The fourth-order valence-electron chi connectivity index (χ4n) is 2.70. The van der Waals surface area contributed by atoms with E-state index >= 15 is 0 Å². The monoisotopic (exact) mass is 344 g/mol. The first-order valence-electron chi connectivity index (χ1n) is 8.73. The van der Waals surface area contributed by atoms with Gasteiger partial charge < -0.3 is 9.94 Å². The molecule has 1 rings (SSSR count). The Morgan fingerprint density at radius 2 is 1.75 bits per heavy atom. The largest absolute Gasteiger partial charge is 0.508 e. The van der Waals surface area contributed by atoms with Gasteiger partial charge in [0.2, 0.25) is 0 Å². The van der Waals surface area contributed by atoms with Crippen molar-refractivity contribution in [1.29, 1.82) is 0 Å². The Morgan fingerprint density at radius 3 is 2.38 bits per heavy atom. The predicted molar refractivity (Wildman–Crippen MR) is 98.8 cm³/mol. The summed E-state index contributed by atoms with van der Waals surface area (Å²) in [5.41, 5.74) is 2.01. The molecule has 5 heteroatoms. The number of phenols is 1. The summed E-state index contributed by atoms with van der Waals surface area (Å²) in [5, 5.41) is 11.4. The number of hydrogen-bond donors (Lipinski definition) is 1. The van der Waals surface area contributed by atoms with Gasteiger partial charge in [0.25, 0.3) is 0 Å². The minimum atomic E-state index is -0.355. The summed E-state index contributed by atoms with van der Waals surface area (Å²) < 4.78 is 0. The number of aryl methyl sites for hydroxylation is 1. The van der Waals surface area contributed by atoms with Gasteiger partial charge in [0, 0.05) is 49.1 Å². The Kier molecular flexibility index (Phi) is 13.4. The minimum absolute atomic E-state index is 0. The van der Waals surface area contributed by atoms with E-state index < -0.39 is 0 Å². The van der Waals surface area contributed by atoms with Gasteiger partial charge in [-0.25, -0.2) is 0 Å². The fraction of sp³-hybridized carbons (Fsp3) is 0.632. The summed E-state index contributed by atoms with van der Waals surface area (Å²) in [5.74, 6) is -0.112. The zero-order valence-electron chi connectivity index (χ0n) is 15.8. The van der Waals surface area contributed by atoms with E-state index in [9.17, 15) is 9.90 Å². The first kappa shape index (κ1) is 23.4. The van der Waals surface area contributed by atoms with Crippen LogP contribution in [0.1, 0.15) is 69.9 Å². The molecule has 0 aliphatic heterocycles. The van der Waals surface area contributed by atoms with E-state index in [0.717, 1.165) is 12.0 Å². The number of hydrogen-bond acceptors (Lipinski definition) is 4. The van der Waals surface area contributed by atoms with Crippen LogP contribution < -0.4 is 0 Å². The first-order valence-corrected chi connectivity index (χ1v) is 8.73. The number of carbonyl (C=O) groups is 1. The maximum Gasteiger partial charge on any atom is 0.322 e. The van der Waals surface area contributed by atoms with E-state index in [4.69, 9.17) is 4.84 Å². The van der Waals surface area contributed by atoms with Gasteiger partial charge in [-0.2, -0.15) is 0 Å². The number of aromatic hydroxyl groups is 1. The summed E-state index contributed by atoms with van der Waals surface area (Å²) in [4.78, 5) is 15.9. The summed E-state index contributed by atoms with van der Waals surface area (Å²) in [7, 11) is 1.68. The average molecular weight is 344 g/mol. The second-order valence-corrected chi connectivity index (χ2v) is 6.20. The molecule has 0 aliphatic rings. The number of phenolic OH excluding ortho intramolecular Hbond substituents is 1. The van der Waals surface area contributed by atoms with Crippen molar-refractivity contribution in [3.63, 3.8) is 0 Å². The minimum Gasteiger partial charge on any atom is -0.508 e. The quantitative estimate of drug-likeness (QED) is 0.371. The average Bonchev–Trinajstić information content (AvgIpc) is 2.48. The third kappa shape index (κ3) is 10.3. The normalized spacial score (nSPS) is 10.5. The molecule has 1 N–H and O–H groups in total. The van der Waals surface area contributed by atoms with Crippen LogP contribution >= 0.6 is 0 Å². The Morgan fingerprint density at radius 1 is 1.12 bits per heavy atom. The van der Waals surface area contributed by atoms with Crippen LogP contribution in [0, 0.1) is 0 Å². The molecule has 0 bridgehead atoms. The van der Waals surface area contributed by atoms with E-state index in [-0.39, 0.29) is 41.3 Å². The number of nitrogens with zero attached hydrogens (tertiary/aromatic N) is 1.